The van der Waals surface area contributed by atoms with Gasteiger partial charge in [0.15, 0.2) is 0 Å². The van der Waals surface area contributed by atoms with Gasteiger partial charge >= 0.3 is 0 Å². The summed E-state index contributed by atoms with van der Waals surface area (Å²) in [7, 11) is -1.62. The maximum atomic E-state index is 5.71. The maximum Gasteiger partial charge on any atom is 0.146 e. The van der Waals surface area contributed by atoms with Crippen LogP contribution in [0, 0.1) is 11.5 Å². The molecule has 0 heterocycles. The molecule has 1 nitrogen and oxygen atoms in total. The Morgan fingerprint density at radius 1 is 0.842 bits per heavy atom. The third kappa shape index (κ3) is 3.42. The quantitative estimate of drug-likeness (QED) is 0.476. The van der Waals surface area contributed by atoms with Crippen molar-refractivity contribution in [2.24, 2.45) is 0 Å². The summed E-state index contributed by atoms with van der Waals surface area (Å²) < 4.78 is 0. The van der Waals surface area contributed by atoms with Gasteiger partial charge in [-0.1, -0.05) is 47.5 Å². The van der Waals surface area contributed by atoms with Crippen molar-refractivity contribution in [3.05, 3.63) is 29.8 Å². The zero-order valence-electron chi connectivity index (χ0n) is 13.1. The molecule has 104 valence electrons. The van der Waals surface area contributed by atoms with E-state index in [0.29, 0.717) is 16.6 Å². The third-order valence-corrected chi connectivity index (χ3v) is 10.5. The number of hydrogen-bond acceptors (Lipinski definition) is 1. The lowest BCUT2D eigenvalue weighted by atomic mass is 10.2. The van der Waals surface area contributed by atoms with Crippen LogP contribution in [0.2, 0.25) is 16.6 Å². The van der Waals surface area contributed by atoms with Gasteiger partial charge in [0.1, 0.15) is 8.07 Å². The number of anilines is 1. The highest BCUT2D eigenvalue weighted by Gasteiger charge is 2.41. The topological polar surface area (TPSA) is 26.0 Å². The van der Waals surface area contributed by atoms with E-state index in [1.807, 2.05) is 24.3 Å². The highest BCUT2D eigenvalue weighted by molar-refractivity contribution is 6.90. The second-order valence-corrected chi connectivity index (χ2v) is 11.8. The molecule has 0 spiro atoms. The molecule has 0 aromatic heterocycles. The number of nitrogens with two attached hydrogens (primary N) is 1. The molecule has 0 aliphatic rings. The molecule has 0 saturated heterocycles. The van der Waals surface area contributed by atoms with E-state index in [1.165, 1.54) is 0 Å². The van der Waals surface area contributed by atoms with E-state index in [-0.39, 0.29) is 0 Å². The van der Waals surface area contributed by atoms with E-state index in [0.717, 1.165) is 11.3 Å². The monoisotopic (exact) mass is 273 g/mol. The summed E-state index contributed by atoms with van der Waals surface area (Å²) in [6, 6.07) is 7.88. The number of hydrogen-bond donors (Lipinski definition) is 1. The van der Waals surface area contributed by atoms with Crippen LogP contribution in [-0.2, 0) is 0 Å². The summed E-state index contributed by atoms with van der Waals surface area (Å²) in [5.74, 6) is 3.41. The SMILES string of the molecule is CC(C)[Si](C#Cc1ccc(N)cc1)(C(C)C)C(C)C. The first kappa shape index (κ1) is 15.9. The summed E-state index contributed by atoms with van der Waals surface area (Å²) in [4.78, 5) is 0. The maximum absolute atomic E-state index is 5.71. The van der Waals surface area contributed by atoms with Crippen LogP contribution in [0.15, 0.2) is 24.3 Å². The predicted molar refractivity (Wildman–Crippen MR) is 88.8 cm³/mol. The molecular weight excluding hydrogens is 246 g/mol. The van der Waals surface area contributed by atoms with Crippen molar-refractivity contribution in [1.82, 2.24) is 0 Å². The van der Waals surface area contributed by atoms with Gasteiger partial charge in [0.05, 0.1) is 0 Å². The second kappa shape index (κ2) is 6.30. The third-order valence-electron chi connectivity index (χ3n) is 4.20. The Hall–Kier alpha value is -1.20. The second-order valence-electron chi connectivity index (χ2n) is 6.27. The van der Waals surface area contributed by atoms with Crippen molar-refractivity contribution in [2.45, 2.75) is 58.2 Å². The van der Waals surface area contributed by atoms with Crippen LogP contribution >= 0.6 is 0 Å². The van der Waals surface area contributed by atoms with Crippen molar-refractivity contribution < 1.29 is 0 Å². The fraction of sp³-hybridized carbons (Fsp3) is 0.529. The van der Waals surface area contributed by atoms with Gasteiger partial charge < -0.3 is 5.73 Å². The van der Waals surface area contributed by atoms with E-state index in [9.17, 15) is 0 Å². The Morgan fingerprint density at radius 3 is 1.63 bits per heavy atom. The number of rotatable bonds is 3. The van der Waals surface area contributed by atoms with Crippen LogP contribution in [0.3, 0.4) is 0 Å². The molecule has 0 aliphatic carbocycles. The van der Waals surface area contributed by atoms with E-state index < -0.39 is 8.07 Å². The minimum Gasteiger partial charge on any atom is -0.399 e. The van der Waals surface area contributed by atoms with Crippen LogP contribution < -0.4 is 5.73 Å². The highest BCUT2D eigenvalue weighted by Crippen LogP contribution is 2.40. The van der Waals surface area contributed by atoms with Gasteiger partial charge in [-0.2, -0.15) is 0 Å². The van der Waals surface area contributed by atoms with Crippen molar-refractivity contribution in [3.8, 4) is 11.5 Å². The van der Waals surface area contributed by atoms with Crippen LogP contribution in [0.5, 0.6) is 0 Å². The summed E-state index contributed by atoms with van der Waals surface area (Å²) >= 11 is 0. The van der Waals surface area contributed by atoms with E-state index in [2.05, 4.69) is 53.0 Å². The molecule has 2 heteroatoms. The molecular formula is C17H27NSi. The van der Waals surface area contributed by atoms with Gasteiger partial charge in [-0.3, -0.25) is 0 Å². The number of nitrogen functional groups attached to an aromatic ring is 1. The summed E-state index contributed by atoms with van der Waals surface area (Å²) in [5.41, 5.74) is 13.3. The molecule has 1 aromatic rings. The van der Waals surface area contributed by atoms with E-state index in [1.54, 1.807) is 0 Å². The van der Waals surface area contributed by atoms with Crippen LogP contribution in [0.25, 0.3) is 0 Å². The lowest BCUT2D eigenvalue weighted by Crippen LogP contribution is -2.43. The molecule has 0 saturated carbocycles. The number of benzene rings is 1. The van der Waals surface area contributed by atoms with Gasteiger partial charge in [0, 0.05) is 11.3 Å². The molecule has 19 heavy (non-hydrogen) atoms. The summed E-state index contributed by atoms with van der Waals surface area (Å²) in [5, 5.41) is 0. The van der Waals surface area contributed by atoms with Crippen molar-refractivity contribution in [3.63, 3.8) is 0 Å². The van der Waals surface area contributed by atoms with Crippen molar-refractivity contribution in [1.29, 1.82) is 0 Å². The van der Waals surface area contributed by atoms with E-state index >= 15 is 0 Å². The average molecular weight is 273 g/mol. The van der Waals surface area contributed by atoms with Gasteiger partial charge in [-0.25, -0.2) is 0 Å². The zero-order chi connectivity index (χ0) is 14.6. The Kier molecular flexibility index (Phi) is 5.26. The molecule has 0 aliphatic heterocycles. The Morgan fingerprint density at radius 2 is 1.26 bits per heavy atom. The first-order valence-electron chi connectivity index (χ1n) is 7.19. The normalized spacial score (nSPS) is 11.8. The van der Waals surface area contributed by atoms with Crippen LogP contribution in [-0.4, -0.2) is 8.07 Å². The van der Waals surface area contributed by atoms with Gasteiger partial charge in [0.25, 0.3) is 0 Å². The molecule has 1 rings (SSSR count). The van der Waals surface area contributed by atoms with Crippen LogP contribution in [0.4, 0.5) is 5.69 Å². The van der Waals surface area contributed by atoms with Crippen molar-refractivity contribution >= 4 is 13.8 Å². The molecule has 1 aromatic carbocycles. The lowest BCUT2D eigenvalue weighted by Gasteiger charge is -2.38. The molecule has 0 atom stereocenters. The Labute approximate surface area is 119 Å². The first-order valence-corrected chi connectivity index (χ1v) is 9.42. The fourth-order valence-corrected chi connectivity index (χ4v) is 8.41. The molecule has 2 N–H and O–H groups in total. The minimum atomic E-state index is -1.62. The fourth-order valence-electron chi connectivity index (χ4n) is 3.18. The highest BCUT2D eigenvalue weighted by atomic mass is 28.3. The molecule has 0 fully saturated rings. The largest absolute Gasteiger partial charge is 0.399 e. The summed E-state index contributed by atoms with van der Waals surface area (Å²) in [6.07, 6.45) is 0. The smallest absolute Gasteiger partial charge is 0.146 e. The average Bonchev–Trinajstić information content (AvgIpc) is 2.30. The minimum absolute atomic E-state index is 0.675. The standard InChI is InChI=1S/C17H27NSi/c1-13(2)19(14(3)4,15(5)6)12-11-16-7-9-17(18)10-8-16/h7-10,13-15H,18H2,1-6H3. The summed E-state index contributed by atoms with van der Waals surface area (Å²) in [6.45, 7) is 14.0. The molecule has 0 radical (unpaired) electrons. The van der Waals surface area contributed by atoms with Gasteiger partial charge in [0.2, 0.25) is 0 Å². The first-order chi connectivity index (χ1) is 8.80. The van der Waals surface area contributed by atoms with Gasteiger partial charge in [-0.05, 0) is 40.9 Å². The van der Waals surface area contributed by atoms with Crippen LogP contribution in [0.1, 0.15) is 47.1 Å². The van der Waals surface area contributed by atoms with E-state index in [4.69, 9.17) is 5.73 Å². The Balaban J connectivity index is 3.19. The van der Waals surface area contributed by atoms with Crippen molar-refractivity contribution in [2.75, 3.05) is 5.73 Å². The zero-order valence-corrected chi connectivity index (χ0v) is 14.1. The molecule has 0 bridgehead atoms. The predicted octanol–water partition coefficient (Wildman–Crippen LogP) is 4.84. The molecule has 0 amide bonds. The van der Waals surface area contributed by atoms with Gasteiger partial charge in [-0.15, -0.1) is 5.54 Å². The lowest BCUT2D eigenvalue weighted by molar-refractivity contribution is 0.838. The molecule has 0 unspecified atom stereocenters. The Bertz CT molecular complexity index is 439.